The summed E-state index contributed by atoms with van der Waals surface area (Å²) in [5.41, 5.74) is 5.11. The minimum atomic E-state index is -0.423. The molecule has 0 fully saturated rings. The molecule has 130 valence electrons. The quantitative estimate of drug-likeness (QED) is 0.533. The van der Waals surface area contributed by atoms with Gasteiger partial charge in [-0.15, -0.1) is 0 Å². The van der Waals surface area contributed by atoms with Gasteiger partial charge in [-0.05, 0) is 47.9 Å². The van der Waals surface area contributed by atoms with Gasteiger partial charge in [0.2, 0.25) is 0 Å². The SMILES string of the molecule is O=C(NN=Cc1cc(Cc2ccccc2Cl)ccc1O)c1ccccn1. The van der Waals surface area contributed by atoms with E-state index in [0.717, 1.165) is 11.1 Å². The number of rotatable bonds is 5. The zero-order valence-electron chi connectivity index (χ0n) is 13.8. The van der Waals surface area contributed by atoms with Crippen molar-refractivity contribution in [2.75, 3.05) is 0 Å². The number of phenolic OH excluding ortho intramolecular Hbond substituents is 1. The van der Waals surface area contributed by atoms with Gasteiger partial charge < -0.3 is 5.11 Å². The number of hydrogen-bond acceptors (Lipinski definition) is 4. The topological polar surface area (TPSA) is 74.6 Å². The van der Waals surface area contributed by atoms with E-state index >= 15 is 0 Å². The van der Waals surface area contributed by atoms with E-state index in [4.69, 9.17) is 11.6 Å². The lowest BCUT2D eigenvalue weighted by Crippen LogP contribution is -2.18. The van der Waals surface area contributed by atoms with Gasteiger partial charge in [0.1, 0.15) is 11.4 Å². The van der Waals surface area contributed by atoms with Crippen LogP contribution in [-0.2, 0) is 6.42 Å². The summed E-state index contributed by atoms with van der Waals surface area (Å²) < 4.78 is 0. The Morgan fingerprint density at radius 2 is 1.96 bits per heavy atom. The number of nitrogens with one attached hydrogen (secondary N) is 1. The number of amides is 1. The van der Waals surface area contributed by atoms with Crippen LogP contribution in [0.3, 0.4) is 0 Å². The van der Waals surface area contributed by atoms with Crippen molar-refractivity contribution >= 4 is 23.7 Å². The summed E-state index contributed by atoms with van der Waals surface area (Å²) in [6.45, 7) is 0. The number of benzene rings is 2. The predicted molar refractivity (Wildman–Crippen MR) is 102 cm³/mol. The summed E-state index contributed by atoms with van der Waals surface area (Å²) in [5.74, 6) is -0.350. The highest BCUT2D eigenvalue weighted by Gasteiger charge is 2.06. The van der Waals surface area contributed by atoms with Gasteiger partial charge in [0, 0.05) is 16.8 Å². The predicted octanol–water partition coefficient (Wildman–Crippen LogP) is 3.80. The molecule has 0 saturated carbocycles. The van der Waals surface area contributed by atoms with E-state index in [1.54, 1.807) is 30.3 Å². The molecule has 0 radical (unpaired) electrons. The smallest absolute Gasteiger partial charge is 0.289 e. The summed E-state index contributed by atoms with van der Waals surface area (Å²) in [5, 5.41) is 14.6. The van der Waals surface area contributed by atoms with Crippen molar-refractivity contribution in [3.63, 3.8) is 0 Å². The van der Waals surface area contributed by atoms with E-state index in [9.17, 15) is 9.90 Å². The molecule has 2 aromatic carbocycles. The van der Waals surface area contributed by atoms with Crippen molar-refractivity contribution < 1.29 is 9.90 Å². The van der Waals surface area contributed by atoms with Gasteiger partial charge in [-0.2, -0.15) is 5.10 Å². The average molecular weight is 366 g/mol. The maximum absolute atomic E-state index is 11.9. The third-order valence-corrected chi connectivity index (χ3v) is 4.08. The number of nitrogens with zero attached hydrogens (tertiary/aromatic N) is 2. The van der Waals surface area contributed by atoms with Gasteiger partial charge in [0.25, 0.3) is 5.91 Å². The number of aromatic hydroxyl groups is 1. The minimum Gasteiger partial charge on any atom is -0.507 e. The summed E-state index contributed by atoms with van der Waals surface area (Å²) >= 11 is 6.19. The molecule has 0 bridgehead atoms. The molecule has 0 aliphatic carbocycles. The molecule has 0 aliphatic rings. The average Bonchev–Trinajstić information content (AvgIpc) is 2.66. The maximum atomic E-state index is 11.9. The Morgan fingerprint density at radius 3 is 2.73 bits per heavy atom. The molecule has 6 heteroatoms. The van der Waals surface area contributed by atoms with Crippen LogP contribution < -0.4 is 5.43 Å². The highest BCUT2D eigenvalue weighted by Crippen LogP contribution is 2.22. The van der Waals surface area contributed by atoms with Crippen molar-refractivity contribution in [2.45, 2.75) is 6.42 Å². The maximum Gasteiger partial charge on any atom is 0.289 e. The standard InChI is InChI=1S/C20H16ClN3O2/c21-17-6-2-1-5-15(17)11-14-8-9-19(25)16(12-14)13-23-24-20(26)18-7-3-4-10-22-18/h1-10,12-13,25H,11H2,(H,24,26). The Labute approximate surface area is 156 Å². The Bertz CT molecular complexity index is 943. The lowest BCUT2D eigenvalue weighted by Gasteiger charge is -2.06. The van der Waals surface area contributed by atoms with Gasteiger partial charge in [-0.3, -0.25) is 9.78 Å². The van der Waals surface area contributed by atoms with Crippen LogP contribution in [0.2, 0.25) is 5.02 Å². The number of hydrazone groups is 1. The lowest BCUT2D eigenvalue weighted by atomic mass is 10.0. The van der Waals surface area contributed by atoms with Gasteiger partial charge in [0.15, 0.2) is 0 Å². The normalized spacial score (nSPS) is 10.8. The summed E-state index contributed by atoms with van der Waals surface area (Å²) in [4.78, 5) is 15.8. The summed E-state index contributed by atoms with van der Waals surface area (Å²) in [7, 11) is 0. The van der Waals surface area contributed by atoms with Crippen LogP contribution in [0, 0.1) is 0 Å². The number of hydrogen-bond donors (Lipinski definition) is 2. The Hall–Kier alpha value is -3.18. The Balaban J connectivity index is 1.72. The molecular formula is C20H16ClN3O2. The number of pyridine rings is 1. The highest BCUT2D eigenvalue weighted by atomic mass is 35.5. The molecule has 0 spiro atoms. The zero-order chi connectivity index (χ0) is 18.4. The molecule has 3 rings (SSSR count). The van der Waals surface area contributed by atoms with Crippen molar-refractivity contribution in [3.05, 3.63) is 94.3 Å². The molecule has 2 N–H and O–H groups in total. The molecule has 0 aliphatic heterocycles. The van der Waals surface area contributed by atoms with E-state index in [1.807, 2.05) is 30.3 Å². The highest BCUT2D eigenvalue weighted by molar-refractivity contribution is 6.31. The van der Waals surface area contributed by atoms with E-state index < -0.39 is 5.91 Å². The lowest BCUT2D eigenvalue weighted by molar-refractivity contribution is 0.0950. The Morgan fingerprint density at radius 1 is 1.15 bits per heavy atom. The molecule has 1 amide bonds. The van der Waals surface area contributed by atoms with Crippen LogP contribution in [0.15, 0.2) is 72.0 Å². The Kier molecular flexibility index (Phi) is 5.61. The number of aromatic nitrogens is 1. The third-order valence-electron chi connectivity index (χ3n) is 3.71. The fourth-order valence-corrected chi connectivity index (χ4v) is 2.60. The van der Waals surface area contributed by atoms with E-state index in [-0.39, 0.29) is 11.4 Å². The third kappa shape index (κ3) is 4.46. The van der Waals surface area contributed by atoms with Gasteiger partial charge in [0.05, 0.1) is 6.21 Å². The van der Waals surface area contributed by atoms with Gasteiger partial charge >= 0.3 is 0 Å². The molecule has 0 saturated heterocycles. The fraction of sp³-hybridized carbons (Fsp3) is 0.0500. The summed E-state index contributed by atoms with van der Waals surface area (Å²) in [6.07, 6.45) is 3.55. The monoisotopic (exact) mass is 365 g/mol. The van der Waals surface area contributed by atoms with E-state index in [0.29, 0.717) is 17.0 Å². The van der Waals surface area contributed by atoms with Crippen LogP contribution in [0.25, 0.3) is 0 Å². The molecule has 26 heavy (non-hydrogen) atoms. The molecule has 0 atom stereocenters. The van der Waals surface area contributed by atoms with Crippen molar-refractivity contribution in [2.24, 2.45) is 5.10 Å². The number of halogens is 1. The number of carbonyl (C=O) groups is 1. The van der Waals surface area contributed by atoms with Crippen molar-refractivity contribution in [3.8, 4) is 5.75 Å². The number of carbonyl (C=O) groups excluding carboxylic acids is 1. The molecule has 5 nitrogen and oxygen atoms in total. The van der Waals surface area contributed by atoms with Gasteiger partial charge in [-0.25, -0.2) is 5.43 Å². The second-order valence-corrected chi connectivity index (χ2v) is 5.98. The zero-order valence-corrected chi connectivity index (χ0v) is 14.5. The fourth-order valence-electron chi connectivity index (χ4n) is 2.39. The second-order valence-electron chi connectivity index (χ2n) is 5.58. The minimum absolute atomic E-state index is 0.0729. The first kappa shape index (κ1) is 17.6. The van der Waals surface area contributed by atoms with Crippen molar-refractivity contribution in [1.29, 1.82) is 0 Å². The van der Waals surface area contributed by atoms with Crippen molar-refractivity contribution in [1.82, 2.24) is 10.4 Å². The first-order chi connectivity index (χ1) is 12.6. The number of phenols is 1. The molecule has 0 unspecified atom stereocenters. The second kappa shape index (κ2) is 8.27. The van der Waals surface area contributed by atoms with E-state index in [1.165, 1.54) is 12.4 Å². The first-order valence-corrected chi connectivity index (χ1v) is 8.31. The molecule has 1 heterocycles. The van der Waals surface area contributed by atoms with Crippen LogP contribution in [0.4, 0.5) is 0 Å². The largest absolute Gasteiger partial charge is 0.507 e. The van der Waals surface area contributed by atoms with E-state index in [2.05, 4.69) is 15.5 Å². The molecule has 3 aromatic rings. The first-order valence-electron chi connectivity index (χ1n) is 7.93. The van der Waals surface area contributed by atoms with Crippen LogP contribution in [-0.4, -0.2) is 22.2 Å². The molecular weight excluding hydrogens is 350 g/mol. The summed E-state index contributed by atoms with van der Waals surface area (Å²) in [6, 6.07) is 17.8. The molecule has 1 aromatic heterocycles. The van der Waals surface area contributed by atoms with Gasteiger partial charge in [-0.1, -0.05) is 41.9 Å². The van der Waals surface area contributed by atoms with Crippen LogP contribution in [0.1, 0.15) is 27.2 Å². The van der Waals surface area contributed by atoms with Crippen LogP contribution >= 0.6 is 11.6 Å². The van der Waals surface area contributed by atoms with Crippen LogP contribution in [0.5, 0.6) is 5.75 Å².